The van der Waals surface area contributed by atoms with Crippen molar-refractivity contribution in [2.75, 3.05) is 5.43 Å². The summed E-state index contributed by atoms with van der Waals surface area (Å²) in [5.41, 5.74) is 8.70. The van der Waals surface area contributed by atoms with Crippen molar-refractivity contribution in [3.63, 3.8) is 0 Å². The van der Waals surface area contributed by atoms with Gasteiger partial charge in [0.2, 0.25) is 5.95 Å². The molecule has 25 heavy (non-hydrogen) atoms. The first-order valence-corrected chi connectivity index (χ1v) is 9.43. The van der Waals surface area contributed by atoms with Gasteiger partial charge in [0.05, 0.1) is 5.71 Å². The van der Waals surface area contributed by atoms with Crippen LogP contribution in [0, 0.1) is 0 Å². The zero-order valence-corrected chi connectivity index (χ0v) is 16.0. The first-order chi connectivity index (χ1) is 12.2. The topological polar surface area (TPSA) is 50.2 Å². The van der Waals surface area contributed by atoms with Crippen molar-refractivity contribution in [2.45, 2.75) is 66.2 Å². The SMILES string of the molecule is CCCCc1cc(CCC)nc(NN=C(C)c2ccccc2CC)n1. The third-order valence-corrected chi connectivity index (χ3v) is 4.24. The molecule has 2 rings (SSSR count). The first kappa shape index (κ1) is 19.1. The molecule has 1 N–H and O–H groups in total. The molecule has 0 spiro atoms. The quantitative estimate of drug-likeness (QED) is 0.507. The number of hydrazone groups is 1. The van der Waals surface area contributed by atoms with Crippen LogP contribution >= 0.6 is 0 Å². The van der Waals surface area contributed by atoms with E-state index in [9.17, 15) is 0 Å². The lowest BCUT2D eigenvalue weighted by molar-refractivity contribution is 0.765. The number of nitrogens with one attached hydrogen (secondary N) is 1. The van der Waals surface area contributed by atoms with Crippen molar-refractivity contribution in [3.8, 4) is 0 Å². The maximum atomic E-state index is 4.63. The summed E-state index contributed by atoms with van der Waals surface area (Å²) in [7, 11) is 0. The molecule has 0 bridgehead atoms. The molecule has 2 aromatic rings. The molecule has 1 heterocycles. The van der Waals surface area contributed by atoms with Crippen molar-refractivity contribution in [1.82, 2.24) is 9.97 Å². The minimum atomic E-state index is 0.602. The lowest BCUT2D eigenvalue weighted by Gasteiger charge is -2.09. The molecular formula is C21H30N4. The van der Waals surface area contributed by atoms with Crippen molar-refractivity contribution in [2.24, 2.45) is 5.10 Å². The highest BCUT2D eigenvalue weighted by atomic mass is 15.4. The second-order valence-corrected chi connectivity index (χ2v) is 6.35. The Balaban J connectivity index is 2.21. The van der Waals surface area contributed by atoms with E-state index in [-0.39, 0.29) is 0 Å². The highest BCUT2D eigenvalue weighted by Crippen LogP contribution is 2.13. The summed E-state index contributed by atoms with van der Waals surface area (Å²) in [4.78, 5) is 9.24. The lowest BCUT2D eigenvalue weighted by Crippen LogP contribution is -2.07. The minimum absolute atomic E-state index is 0.602. The highest BCUT2D eigenvalue weighted by Gasteiger charge is 2.06. The van der Waals surface area contributed by atoms with Gasteiger partial charge in [-0.3, -0.25) is 0 Å². The van der Waals surface area contributed by atoms with E-state index in [0.29, 0.717) is 5.95 Å². The predicted molar refractivity (Wildman–Crippen MR) is 106 cm³/mol. The molecule has 134 valence electrons. The van der Waals surface area contributed by atoms with E-state index >= 15 is 0 Å². The summed E-state index contributed by atoms with van der Waals surface area (Å²) in [6, 6.07) is 10.5. The Morgan fingerprint density at radius 3 is 2.40 bits per heavy atom. The van der Waals surface area contributed by atoms with Crippen molar-refractivity contribution in [3.05, 3.63) is 52.8 Å². The number of nitrogens with zero attached hydrogens (tertiary/aromatic N) is 3. The number of aromatic nitrogens is 2. The molecule has 0 saturated carbocycles. The normalized spacial score (nSPS) is 11.6. The van der Waals surface area contributed by atoms with E-state index in [4.69, 9.17) is 0 Å². The Kier molecular flexibility index (Phi) is 7.58. The van der Waals surface area contributed by atoms with Crippen LogP contribution in [-0.4, -0.2) is 15.7 Å². The molecule has 0 saturated heterocycles. The van der Waals surface area contributed by atoms with Crippen LogP contribution < -0.4 is 5.43 Å². The second-order valence-electron chi connectivity index (χ2n) is 6.35. The third-order valence-electron chi connectivity index (χ3n) is 4.24. The van der Waals surface area contributed by atoms with Gasteiger partial charge in [-0.05, 0) is 44.2 Å². The van der Waals surface area contributed by atoms with Crippen molar-refractivity contribution in [1.29, 1.82) is 0 Å². The summed E-state index contributed by atoms with van der Waals surface area (Å²) in [5.74, 6) is 0.602. The van der Waals surface area contributed by atoms with E-state index in [1.54, 1.807) is 0 Å². The van der Waals surface area contributed by atoms with Gasteiger partial charge < -0.3 is 0 Å². The van der Waals surface area contributed by atoms with Gasteiger partial charge in [-0.2, -0.15) is 5.10 Å². The van der Waals surface area contributed by atoms with Crippen LogP contribution in [0.25, 0.3) is 0 Å². The van der Waals surface area contributed by atoms with Gasteiger partial charge in [0.15, 0.2) is 0 Å². The fourth-order valence-electron chi connectivity index (χ4n) is 2.85. The maximum absolute atomic E-state index is 4.63. The number of hydrogen-bond donors (Lipinski definition) is 1. The largest absolute Gasteiger partial charge is 0.245 e. The molecule has 4 heteroatoms. The first-order valence-electron chi connectivity index (χ1n) is 9.43. The number of benzene rings is 1. The molecule has 0 aliphatic rings. The second kappa shape index (κ2) is 9.92. The summed E-state index contributed by atoms with van der Waals surface area (Å²) in [6.07, 6.45) is 6.35. The Labute approximate surface area is 151 Å². The van der Waals surface area contributed by atoms with Gasteiger partial charge in [0.25, 0.3) is 0 Å². The minimum Gasteiger partial charge on any atom is -0.245 e. The van der Waals surface area contributed by atoms with Gasteiger partial charge in [0, 0.05) is 17.0 Å². The van der Waals surface area contributed by atoms with E-state index in [0.717, 1.165) is 49.2 Å². The van der Waals surface area contributed by atoms with Gasteiger partial charge in [-0.15, -0.1) is 0 Å². The number of aryl methyl sites for hydroxylation is 3. The Hall–Kier alpha value is -2.23. The highest BCUT2D eigenvalue weighted by molar-refractivity contribution is 6.00. The molecule has 0 amide bonds. The fourth-order valence-corrected chi connectivity index (χ4v) is 2.85. The molecule has 1 aromatic heterocycles. The van der Waals surface area contributed by atoms with Gasteiger partial charge in [-0.1, -0.05) is 57.9 Å². The molecule has 0 atom stereocenters. The van der Waals surface area contributed by atoms with Crippen molar-refractivity contribution >= 4 is 11.7 Å². The monoisotopic (exact) mass is 338 g/mol. The summed E-state index contributed by atoms with van der Waals surface area (Å²) in [5, 5.41) is 4.54. The van der Waals surface area contributed by atoms with Gasteiger partial charge >= 0.3 is 0 Å². The average Bonchev–Trinajstić information content (AvgIpc) is 2.64. The molecular weight excluding hydrogens is 308 g/mol. The smallest absolute Gasteiger partial charge is 0.243 e. The number of anilines is 1. The summed E-state index contributed by atoms with van der Waals surface area (Å²) < 4.78 is 0. The summed E-state index contributed by atoms with van der Waals surface area (Å²) in [6.45, 7) is 8.56. The van der Waals surface area contributed by atoms with Crippen molar-refractivity contribution < 1.29 is 0 Å². The van der Waals surface area contributed by atoms with Crippen LogP contribution in [0.3, 0.4) is 0 Å². The Bertz CT molecular complexity index is 707. The summed E-state index contributed by atoms with van der Waals surface area (Å²) >= 11 is 0. The molecule has 0 aliphatic heterocycles. The molecule has 4 nitrogen and oxygen atoms in total. The molecule has 0 fully saturated rings. The zero-order valence-electron chi connectivity index (χ0n) is 16.0. The van der Waals surface area contributed by atoms with Crippen LogP contribution in [0.1, 0.15) is 69.5 Å². The molecule has 0 aliphatic carbocycles. The zero-order chi connectivity index (χ0) is 18.1. The van der Waals surface area contributed by atoms with E-state index in [1.165, 1.54) is 17.5 Å². The Morgan fingerprint density at radius 1 is 1.00 bits per heavy atom. The van der Waals surface area contributed by atoms with Crippen LogP contribution in [0.4, 0.5) is 5.95 Å². The van der Waals surface area contributed by atoms with Crippen LogP contribution in [0.2, 0.25) is 0 Å². The third kappa shape index (κ3) is 5.66. The number of unbranched alkanes of at least 4 members (excludes halogenated alkanes) is 1. The van der Waals surface area contributed by atoms with Gasteiger partial charge in [0.1, 0.15) is 0 Å². The number of rotatable bonds is 9. The lowest BCUT2D eigenvalue weighted by atomic mass is 10.0. The molecule has 0 radical (unpaired) electrons. The fraction of sp³-hybridized carbons (Fsp3) is 0.476. The van der Waals surface area contributed by atoms with E-state index in [2.05, 4.69) is 71.6 Å². The number of hydrogen-bond acceptors (Lipinski definition) is 4. The van der Waals surface area contributed by atoms with E-state index < -0.39 is 0 Å². The molecule has 0 unspecified atom stereocenters. The average molecular weight is 338 g/mol. The standard InChI is InChI=1S/C21H30N4/c1-5-8-13-19-15-18(11-6-2)22-21(23-19)25-24-16(4)20-14-10-9-12-17(20)7-3/h9-10,12,14-15H,5-8,11,13H2,1-4H3,(H,22,23,25). The predicted octanol–water partition coefficient (Wildman–Crippen LogP) is 5.17. The van der Waals surface area contributed by atoms with E-state index in [1.807, 2.05) is 6.92 Å². The molecule has 1 aromatic carbocycles. The maximum Gasteiger partial charge on any atom is 0.243 e. The van der Waals surface area contributed by atoms with Crippen LogP contribution in [0.5, 0.6) is 0 Å². The Morgan fingerprint density at radius 2 is 1.72 bits per heavy atom. The van der Waals surface area contributed by atoms with Crippen LogP contribution in [0.15, 0.2) is 35.4 Å². The van der Waals surface area contributed by atoms with Gasteiger partial charge in [-0.25, -0.2) is 15.4 Å². The van der Waals surface area contributed by atoms with Crippen LogP contribution in [-0.2, 0) is 19.3 Å².